The average molecular weight is 261 g/mol. The number of thiophene rings is 1. The van der Waals surface area contributed by atoms with Gasteiger partial charge in [0.15, 0.2) is 0 Å². The maximum Gasteiger partial charge on any atom is 0.274 e. The number of amides is 1. The van der Waals surface area contributed by atoms with Gasteiger partial charge in [-0.15, -0.1) is 0 Å². The third kappa shape index (κ3) is 3.30. The summed E-state index contributed by atoms with van der Waals surface area (Å²) in [7, 11) is 0. The van der Waals surface area contributed by atoms with E-state index in [-0.39, 0.29) is 5.91 Å². The van der Waals surface area contributed by atoms with Crippen LogP contribution >= 0.6 is 11.3 Å². The van der Waals surface area contributed by atoms with Crippen molar-refractivity contribution in [2.75, 3.05) is 17.2 Å². The van der Waals surface area contributed by atoms with Crippen molar-refractivity contribution in [3.8, 4) is 0 Å². The molecule has 5 heteroatoms. The fraction of sp³-hybridized carbons (Fsp3) is 0.231. The third-order valence-corrected chi connectivity index (χ3v) is 3.04. The zero-order valence-electron chi connectivity index (χ0n) is 10.1. The minimum absolute atomic E-state index is 0.185. The van der Waals surface area contributed by atoms with Crippen LogP contribution in [0.3, 0.4) is 0 Å². The van der Waals surface area contributed by atoms with Crippen LogP contribution in [-0.2, 0) is 0 Å². The normalized spacial score (nSPS) is 10.1. The molecule has 2 aromatic heterocycles. The zero-order chi connectivity index (χ0) is 12.8. The molecule has 2 rings (SSSR count). The van der Waals surface area contributed by atoms with E-state index in [0.717, 1.165) is 24.3 Å². The molecule has 0 aromatic carbocycles. The molecule has 1 amide bonds. The predicted octanol–water partition coefficient (Wildman–Crippen LogP) is 3.22. The molecule has 0 radical (unpaired) electrons. The second-order valence-corrected chi connectivity index (χ2v) is 4.61. The quantitative estimate of drug-likeness (QED) is 0.869. The Morgan fingerprint density at radius 1 is 1.33 bits per heavy atom. The van der Waals surface area contributed by atoms with Gasteiger partial charge in [-0.1, -0.05) is 6.92 Å². The Kier molecular flexibility index (Phi) is 4.30. The summed E-state index contributed by atoms with van der Waals surface area (Å²) in [6.45, 7) is 3.01. The van der Waals surface area contributed by atoms with E-state index in [2.05, 4.69) is 22.5 Å². The molecule has 2 N–H and O–H groups in total. The van der Waals surface area contributed by atoms with Crippen molar-refractivity contribution in [1.82, 2.24) is 4.98 Å². The van der Waals surface area contributed by atoms with Gasteiger partial charge in [0.05, 0.1) is 17.6 Å². The number of carbonyl (C=O) groups excluding carboxylic acids is 1. The van der Waals surface area contributed by atoms with Crippen LogP contribution in [-0.4, -0.2) is 17.4 Å². The van der Waals surface area contributed by atoms with Crippen molar-refractivity contribution >= 4 is 28.6 Å². The Bertz CT molecular complexity index is 493. The van der Waals surface area contributed by atoms with Gasteiger partial charge in [0, 0.05) is 11.9 Å². The molecule has 4 nitrogen and oxygen atoms in total. The van der Waals surface area contributed by atoms with Gasteiger partial charge < -0.3 is 10.6 Å². The third-order valence-electron chi connectivity index (χ3n) is 2.35. The summed E-state index contributed by atoms with van der Waals surface area (Å²) in [5, 5.41) is 9.80. The first-order valence-corrected chi connectivity index (χ1v) is 6.77. The summed E-state index contributed by atoms with van der Waals surface area (Å²) < 4.78 is 0. The molecule has 0 spiro atoms. The Hall–Kier alpha value is -1.88. The predicted molar refractivity (Wildman–Crippen MR) is 75.3 cm³/mol. The number of hydrogen-bond acceptors (Lipinski definition) is 4. The second kappa shape index (κ2) is 6.16. The molecule has 0 fully saturated rings. The number of pyridine rings is 1. The SMILES string of the molecule is CCCNc1ccc(C(=O)Nc2ccsc2)nc1. The van der Waals surface area contributed by atoms with Gasteiger partial charge in [0.2, 0.25) is 0 Å². The van der Waals surface area contributed by atoms with Crippen LogP contribution in [0, 0.1) is 0 Å². The number of nitrogens with one attached hydrogen (secondary N) is 2. The van der Waals surface area contributed by atoms with E-state index in [4.69, 9.17) is 0 Å². The smallest absolute Gasteiger partial charge is 0.274 e. The van der Waals surface area contributed by atoms with Crippen molar-refractivity contribution in [1.29, 1.82) is 0 Å². The van der Waals surface area contributed by atoms with Crippen LogP contribution in [0.4, 0.5) is 11.4 Å². The molecule has 0 saturated heterocycles. The first kappa shape index (κ1) is 12.6. The Morgan fingerprint density at radius 2 is 2.22 bits per heavy atom. The summed E-state index contributed by atoms with van der Waals surface area (Å²) in [6, 6.07) is 5.45. The lowest BCUT2D eigenvalue weighted by molar-refractivity contribution is 0.102. The van der Waals surface area contributed by atoms with Gasteiger partial charge in [-0.3, -0.25) is 4.79 Å². The Labute approximate surface area is 110 Å². The molecular formula is C13H15N3OS. The van der Waals surface area contributed by atoms with E-state index >= 15 is 0 Å². The molecule has 2 heterocycles. The first-order chi connectivity index (χ1) is 8.79. The van der Waals surface area contributed by atoms with E-state index in [1.54, 1.807) is 23.6 Å². The standard InChI is InChI=1S/C13H15N3OS/c1-2-6-14-10-3-4-12(15-8-10)13(17)16-11-5-7-18-9-11/h3-5,7-9,14H,2,6H2,1H3,(H,16,17). The lowest BCUT2D eigenvalue weighted by atomic mass is 10.3. The molecule has 0 saturated carbocycles. The maximum absolute atomic E-state index is 11.8. The van der Waals surface area contributed by atoms with Crippen LogP contribution < -0.4 is 10.6 Å². The topological polar surface area (TPSA) is 54.0 Å². The Morgan fingerprint density at radius 3 is 2.83 bits per heavy atom. The number of anilines is 2. The molecule has 18 heavy (non-hydrogen) atoms. The summed E-state index contributed by atoms with van der Waals surface area (Å²) in [5.74, 6) is -0.185. The van der Waals surface area contributed by atoms with Crippen molar-refractivity contribution in [3.05, 3.63) is 40.8 Å². The van der Waals surface area contributed by atoms with Gasteiger partial charge in [0.25, 0.3) is 5.91 Å². The van der Waals surface area contributed by atoms with E-state index < -0.39 is 0 Å². The highest BCUT2D eigenvalue weighted by molar-refractivity contribution is 7.08. The molecule has 0 bridgehead atoms. The second-order valence-electron chi connectivity index (χ2n) is 3.83. The van der Waals surface area contributed by atoms with Gasteiger partial charge in [0.1, 0.15) is 5.69 Å². The minimum Gasteiger partial charge on any atom is -0.384 e. The summed E-state index contributed by atoms with van der Waals surface area (Å²) in [6.07, 6.45) is 2.73. The first-order valence-electron chi connectivity index (χ1n) is 5.83. The summed E-state index contributed by atoms with van der Waals surface area (Å²) in [5.41, 5.74) is 2.16. The van der Waals surface area contributed by atoms with Gasteiger partial charge in [-0.2, -0.15) is 11.3 Å². The number of carbonyl (C=O) groups is 1. The highest BCUT2D eigenvalue weighted by Gasteiger charge is 2.07. The van der Waals surface area contributed by atoms with Crippen molar-refractivity contribution in [3.63, 3.8) is 0 Å². The zero-order valence-corrected chi connectivity index (χ0v) is 11.0. The molecule has 0 unspecified atom stereocenters. The van der Waals surface area contributed by atoms with Gasteiger partial charge in [-0.05, 0) is 30.0 Å². The summed E-state index contributed by atoms with van der Waals surface area (Å²) >= 11 is 1.54. The van der Waals surface area contributed by atoms with Crippen LogP contribution in [0.1, 0.15) is 23.8 Å². The number of aromatic nitrogens is 1. The Balaban J connectivity index is 1.98. The molecule has 0 aliphatic carbocycles. The van der Waals surface area contributed by atoms with Crippen LogP contribution in [0.2, 0.25) is 0 Å². The van der Waals surface area contributed by atoms with E-state index in [1.807, 2.05) is 22.9 Å². The van der Waals surface area contributed by atoms with Crippen molar-refractivity contribution < 1.29 is 4.79 Å². The average Bonchev–Trinajstić information content (AvgIpc) is 2.89. The monoisotopic (exact) mass is 261 g/mol. The van der Waals surface area contributed by atoms with Gasteiger partial charge in [-0.25, -0.2) is 4.98 Å². The van der Waals surface area contributed by atoms with Gasteiger partial charge >= 0.3 is 0 Å². The van der Waals surface area contributed by atoms with E-state index in [0.29, 0.717) is 5.69 Å². The number of hydrogen-bond donors (Lipinski definition) is 2. The fourth-order valence-electron chi connectivity index (χ4n) is 1.43. The molecule has 94 valence electrons. The molecular weight excluding hydrogens is 246 g/mol. The maximum atomic E-state index is 11.8. The highest BCUT2D eigenvalue weighted by Crippen LogP contribution is 2.13. The largest absolute Gasteiger partial charge is 0.384 e. The van der Waals surface area contributed by atoms with Crippen molar-refractivity contribution in [2.45, 2.75) is 13.3 Å². The lowest BCUT2D eigenvalue weighted by Crippen LogP contribution is -2.13. The molecule has 2 aromatic rings. The number of nitrogens with zero attached hydrogens (tertiary/aromatic N) is 1. The van der Waals surface area contributed by atoms with Crippen LogP contribution in [0.15, 0.2) is 35.2 Å². The molecule has 0 atom stereocenters. The molecule has 0 aliphatic rings. The lowest BCUT2D eigenvalue weighted by Gasteiger charge is -2.05. The van der Waals surface area contributed by atoms with E-state index in [9.17, 15) is 4.79 Å². The summed E-state index contributed by atoms with van der Waals surface area (Å²) in [4.78, 5) is 16.0. The van der Waals surface area contributed by atoms with Crippen LogP contribution in [0.25, 0.3) is 0 Å². The minimum atomic E-state index is -0.185. The molecule has 0 aliphatic heterocycles. The van der Waals surface area contributed by atoms with Crippen molar-refractivity contribution in [2.24, 2.45) is 0 Å². The van der Waals surface area contributed by atoms with E-state index in [1.165, 1.54) is 0 Å². The van der Waals surface area contributed by atoms with Crippen LogP contribution in [0.5, 0.6) is 0 Å². The fourth-order valence-corrected chi connectivity index (χ4v) is 2.02. The highest BCUT2D eigenvalue weighted by atomic mass is 32.1. The number of rotatable bonds is 5.